The smallest absolute Gasteiger partial charge is 0.255 e. The lowest BCUT2D eigenvalue weighted by molar-refractivity contribution is 0.102. The van der Waals surface area contributed by atoms with Gasteiger partial charge in [0.15, 0.2) is 11.6 Å². The maximum Gasteiger partial charge on any atom is 0.255 e. The minimum atomic E-state index is -3.37. The molecule has 1 aliphatic rings. The number of fused-ring (bicyclic) bond motifs is 1. The van der Waals surface area contributed by atoms with Gasteiger partial charge in [-0.15, -0.1) is 0 Å². The van der Waals surface area contributed by atoms with E-state index in [9.17, 15) is 22.0 Å². The van der Waals surface area contributed by atoms with Crippen LogP contribution in [-0.4, -0.2) is 27.1 Å². The second-order valence-corrected chi connectivity index (χ2v) is 7.77. The van der Waals surface area contributed by atoms with E-state index in [-0.39, 0.29) is 5.69 Å². The average molecular weight is 366 g/mol. The van der Waals surface area contributed by atoms with Gasteiger partial charge in [0.05, 0.1) is 11.9 Å². The number of aryl methyl sites for hydroxylation is 1. The molecule has 0 bridgehead atoms. The Hall–Kier alpha value is -2.48. The molecule has 1 aliphatic heterocycles. The first kappa shape index (κ1) is 17.3. The number of carbonyl (C=O) groups excluding carboxylic acids is 1. The monoisotopic (exact) mass is 366 g/mol. The standard InChI is InChI=1S/C17H16F2N2O3S/c1-25(23,24)21-8-2-3-11-9-12(4-7-16(11)21)17(22)20-13-5-6-14(18)15(19)10-13/h4-7,9-10H,2-3,8H2,1H3,(H,20,22). The molecule has 0 radical (unpaired) electrons. The number of hydrogen-bond acceptors (Lipinski definition) is 3. The van der Waals surface area contributed by atoms with Crippen LogP contribution in [-0.2, 0) is 16.4 Å². The van der Waals surface area contributed by atoms with E-state index in [4.69, 9.17) is 0 Å². The Morgan fingerprint density at radius 3 is 2.56 bits per heavy atom. The van der Waals surface area contributed by atoms with Crippen LogP contribution in [0.3, 0.4) is 0 Å². The summed E-state index contributed by atoms with van der Waals surface area (Å²) in [4.78, 5) is 12.3. The summed E-state index contributed by atoms with van der Waals surface area (Å²) in [6.45, 7) is 0.409. The fourth-order valence-electron chi connectivity index (χ4n) is 2.83. The van der Waals surface area contributed by atoms with E-state index in [0.29, 0.717) is 30.6 Å². The van der Waals surface area contributed by atoms with Crippen molar-refractivity contribution in [3.8, 4) is 0 Å². The number of anilines is 2. The molecule has 0 unspecified atom stereocenters. The zero-order valence-corrected chi connectivity index (χ0v) is 14.2. The largest absolute Gasteiger partial charge is 0.322 e. The van der Waals surface area contributed by atoms with Gasteiger partial charge >= 0.3 is 0 Å². The Morgan fingerprint density at radius 2 is 1.88 bits per heavy atom. The van der Waals surface area contributed by atoms with Gasteiger partial charge in [-0.05, 0) is 48.7 Å². The third-order valence-corrected chi connectivity index (χ3v) is 5.18. The molecule has 132 valence electrons. The first-order chi connectivity index (χ1) is 11.8. The van der Waals surface area contributed by atoms with Gasteiger partial charge in [0, 0.05) is 23.9 Å². The van der Waals surface area contributed by atoms with Crippen molar-refractivity contribution in [1.29, 1.82) is 0 Å². The lowest BCUT2D eigenvalue weighted by Crippen LogP contribution is -2.34. The number of rotatable bonds is 3. The molecule has 0 atom stereocenters. The summed E-state index contributed by atoms with van der Waals surface area (Å²) in [5.41, 5.74) is 1.78. The van der Waals surface area contributed by atoms with Gasteiger partial charge in [0.1, 0.15) is 0 Å². The van der Waals surface area contributed by atoms with Crippen LogP contribution in [0.5, 0.6) is 0 Å². The Labute approximate surface area is 144 Å². The number of sulfonamides is 1. The van der Waals surface area contributed by atoms with E-state index in [2.05, 4.69) is 5.32 Å². The van der Waals surface area contributed by atoms with Crippen molar-refractivity contribution in [2.75, 3.05) is 22.4 Å². The molecule has 0 saturated heterocycles. The van der Waals surface area contributed by atoms with Crippen LogP contribution < -0.4 is 9.62 Å². The van der Waals surface area contributed by atoms with Gasteiger partial charge in [-0.1, -0.05) is 0 Å². The van der Waals surface area contributed by atoms with Crippen molar-refractivity contribution in [2.24, 2.45) is 0 Å². The molecule has 0 aromatic heterocycles. The van der Waals surface area contributed by atoms with E-state index < -0.39 is 27.6 Å². The number of halogens is 2. The highest BCUT2D eigenvalue weighted by molar-refractivity contribution is 7.92. The molecule has 25 heavy (non-hydrogen) atoms. The third kappa shape index (κ3) is 3.63. The molecular formula is C17H16F2N2O3S. The Balaban J connectivity index is 1.86. The van der Waals surface area contributed by atoms with Crippen LogP contribution in [0.1, 0.15) is 22.3 Å². The molecule has 3 rings (SSSR count). The van der Waals surface area contributed by atoms with Crippen LogP contribution in [0.15, 0.2) is 36.4 Å². The first-order valence-corrected chi connectivity index (χ1v) is 9.47. The van der Waals surface area contributed by atoms with Crippen LogP contribution in [0.25, 0.3) is 0 Å². The van der Waals surface area contributed by atoms with Crippen LogP contribution in [0, 0.1) is 11.6 Å². The zero-order chi connectivity index (χ0) is 18.2. The lowest BCUT2D eigenvalue weighted by atomic mass is 10.0. The van der Waals surface area contributed by atoms with Crippen molar-refractivity contribution in [3.05, 3.63) is 59.2 Å². The predicted molar refractivity (Wildman–Crippen MR) is 91.3 cm³/mol. The molecular weight excluding hydrogens is 350 g/mol. The second kappa shape index (κ2) is 6.44. The van der Waals surface area contributed by atoms with Gasteiger partial charge in [0.2, 0.25) is 10.0 Å². The van der Waals surface area contributed by atoms with Gasteiger partial charge in [0.25, 0.3) is 5.91 Å². The summed E-state index contributed by atoms with van der Waals surface area (Å²) in [6.07, 6.45) is 2.47. The van der Waals surface area contributed by atoms with Crippen molar-refractivity contribution in [1.82, 2.24) is 0 Å². The second-order valence-electron chi connectivity index (χ2n) is 5.87. The van der Waals surface area contributed by atoms with E-state index in [1.165, 1.54) is 16.4 Å². The molecule has 0 saturated carbocycles. The molecule has 8 heteroatoms. The normalized spacial score (nSPS) is 14.1. The predicted octanol–water partition coefficient (Wildman–Crippen LogP) is 2.93. The molecule has 0 spiro atoms. The molecule has 1 N–H and O–H groups in total. The summed E-state index contributed by atoms with van der Waals surface area (Å²) < 4.78 is 51.2. The highest BCUT2D eigenvalue weighted by Crippen LogP contribution is 2.30. The first-order valence-electron chi connectivity index (χ1n) is 7.63. The van der Waals surface area contributed by atoms with Crippen molar-refractivity contribution >= 4 is 27.3 Å². The highest BCUT2D eigenvalue weighted by atomic mass is 32.2. The maximum absolute atomic E-state index is 13.2. The van der Waals surface area contributed by atoms with Crippen LogP contribution >= 0.6 is 0 Å². The quantitative estimate of drug-likeness (QED) is 0.908. The van der Waals surface area contributed by atoms with E-state index in [0.717, 1.165) is 24.0 Å². The lowest BCUT2D eigenvalue weighted by Gasteiger charge is -2.29. The molecule has 0 aliphatic carbocycles. The number of hydrogen-bond donors (Lipinski definition) is 1. The number of nitrogens with one attached hydrogen (secondary N) is 1. The molecule has 2 aromatic rings. The molecule has 5 nitrogen and oxygen atoms in total. The maximum atomic E-state index is 13.2. The fraction of sp³-hybridized carbons (Fsp3) is 0.235. The number of benzene rings is 2. The third-order valence-electron chi connectivity index (χ3n) is 4.00. The number of carbonyl (C=O) groups is 1. The van der Waals surface area contributed by atoms with E-state index >= 15 is 0 Å². The molecule has 1 heterocycles. The van der Waals surface area contributed by atoms with Gasteiger partial charge in [-0.25, -0.2) is 17.2 Å². The van der Waals surface area contributed by atoms with Crippen LogP contribution in [0.2, 0.25) is 0 Å². The van der Waals surface area contributed by atoms with Gasteiger partial charge < -0.3 is 5.32 Å². The summed E-state index contributed by atoms with van der Waals surface area (Å²) in [7, 11) is -3.37. The highest BCUT2D eigenvalue weighted by Gasteiger charge is 2.24. The number of amides is 1. The van der Waals surface area contributed by atoms with Crippen molar-refractivity contribution in [2.45, 2.75) is 12.8 Å². The van der Waals surface area contributed by atoms with Gasteiger partial charge in [-0.3, -0.25) is 9.10 Å². The van der Waals surface area contributed by atoms with E-state index in [1.807, 2.05) is 0 Å². The fourth-order valence-corrected chi connectivity index (χ4v) is 3.82. The number of nitrogens with zero attached hydrogens (tertiary/aromatic N) is 1. The SMILES string of the molecule is CS(=O)(=O)N1CCCc2cc(C(=O)Nc3ccc(F)c(F)c3)ccc21. The summed E-state index contributed by atoms with van der Waals surface area (Å²) >= 11 is 0. The zero-order valence-electron chi connectivity index (χ0n) is 13.4. The van der Waals surface area contributed by atoms with Gasteiger partial charge in [-0.2, -0.15) is 0 Å². The Morgan fingerprint density at radius 1 is 1.12 bits per heavy atom. The topological polar surface area (TPSA) is 66.5 Å². The minimum absolute atomic E-state index is 0.138. The molecule has 1 amide bonds. The summed E-state index contributed by atoms with van der Waals surface area (Å²) in [5, 5.41) is 2.50. The van der Waals surface area contributed by atoms with Crippen molar-refractivity contribution < 1.29 is 22.0 Å². The average Bonchev–Trinajstić information content (AvgIpc) is 2.56. The Bertz CT molecular complexity index is 945. The minimum Gasteiger partial charge on any atom is -0.322 e. The summed E-state index contributed by atoms with van der Waals surface area (Å²) in [6, 6.07) is 7.83. The Kier molecular flexibility index (Phi) is 4.47. The van der Waals surface area contributed by atoms with E-state index in [1.54, 1.807) is 12.1 Å². The summed E-state index contributed by atoms with van der Waals surface area (Å²) in [5.74, 6) is -2.52. The molecule has 2 aromatic carbocycles. The van der Waals surface area contributed by atoms with Crippen LogP contribution in [0.4, 0.5) is 20.2 Å². The van der Waals surface area contributed by atoms with Crippen molar-refractivity contribution in [3.63, 3.8) is 0 Å². The molecule has 0 fully saturated rings.